The number of aliphatic hydroxyl groups excluding tert-OH is 3. The molecule has 29 heavy (non-hydrogen) atoms. The molecular weight excluding hydrogens is 446 g/mol. The summed E-state index contributed by atoms with van der Waals surface area (Å²) in [6.07, 6.45) is -2.78. The molecule has 2 aromatic rings. The zero-order valence-electron chi connectivity index (χ0n) is 15.8. The van der Waals surface area contributed by atoms with Crippen LogP contribution in [0.2, 0.25) is 0 Å². The molecule has 4 rings (SSSR count). The summed E-state index contributed by atoms with van der Waals surface area (Å²) in [5.41, 5.74) is 8.77. The van der Waals surface area contributed by atoms with Crippen LogP contribution in [0, 0.1) is 6.92 Å². The molecule has 158 valence electrons. The van der Waals surface area contributed by atoms with Gasteiger partial charge in [0.15, 0.2) is 17.5 Å². The molecule has 0 aliphatic carbocycles. The third-order valence-electron chi connectivity index (χ3n) is 4.89. The van der Waals surface area contributed by atoms with Gasteiger partial charge in [-0.25, -0.2) is 15.0 Å². The fourth-order valence-corrected chi connectivity index (χ4v) is 3.38. The quantitative estimate of drug-likeness (QED) is 0.411. The Balaban J connectivity index is 0.00000240. The molecule has 0 spiro atoms. The van der Waals surface area contributed by atoms with Crippen LogP contribution in [-0.2, 0) is 16.2 Å². The number of imidazole rings is 1. The predicted octanol–water partition coefficient (Wildman–Crippen LogP) is -1.57. The molecule has 0 unspecified atom stereocenters. The first-order valence-corrected chi connectivity index (χ1v) is 8.95. The first-order chi connectivity index (χ1) is 13.5. The lowest BCUT2D eigenvalue weighted by Gasteiger charge is -2.24. The second-order valence-electron chi connectivity index (χ2n) is 6.88. The van der Waals surface area contributed by atoms with Crippen molar-refractivity contribution in [3.8, 4) is 0 Å². The van der Waals surface area contributed by atoms with E-state index in [9.17, 15) is 15.3 Å². The van der Waals surface area contributed by atoms with E-state index < -0.39 is 31.1 Å². The van der Waals surface area contributed by atoms with Crippen molar-refractivity contribution in [3.63, 3.8) is 0 Å². The van der Waals surface area contributed by atoms with Crippen molar-refractivity contribution in [2.75, 3.05) is 13.3 Å². The van der Waals surface area contributed by atoms with Gasteiger partial charge in [0, 0.05) is 0 Å². The van der Waals surface area contributed by atoms with Crippen LogP contribution in [0.15, 0.2) is 35.6 Å². The maximum atomic E-state index is 10.2. The minimum Gasteiger partial charge on any atom is -0.394 e. The van der Waals surface area contributed by atoms with E-state index in [1.54, 1.807) is 0 Å². The fraction of sp³-hybridized carbons (Fsp3) is 0.444. The first-order valence-electron chi connectivity index (χ1n) is 8.95. The van der Waals surface area contributed by atoms with Crippen molar-refractivity contribution >= 4 is 22.8 Å². The monoisotopic (exact) mass is 469 g/mol. The number of hydroxylamine groups is 2. The Bertz CT molecular complexity index is 983. The molecule has 2 aliphatic rings. The summed E-state index contributed by atoms with van der Waals surface area (Å²) in [7, 11) is 0. The third-order valence-corrected chi connectivity index (χ3v) is 4.89. The molecule has 0 saturated carbocycles. The van der Waals surface area contributed by atoms with Gasteiger partial charge in [0.1, 0.15) is 36.9 Å². The van der Waals surface area contributed by atoms with Crippen molar-refractivity contribution in [2.24, 2.45) is 10.7 Å². The molecule has 4 atom stereocenters. The number of ether oxygens (including phenoxy) is 1. The molecule has 11 heteroatoms. The number of aromatic nitrogens is 2. The van der Waals surface area contributed by atoms with E-state index in [1.165, 1.54) is 16.0 Å². The van der Waals surface area contributed by atoms with Crippen LogP contribution < -0.4 is 16.6 Å². The highest BCUT2D eigenvalue weighted by Crippen LogP contribution is 2.27. The minimum atomic E-state index is -1.22. The van der Waals surface area contributed by atoms with Gasteiger partial charge in [0.05, 0.1) is 12.9 Å². The molecule has 0 amide bonds. The van der Waals surface area contributed by atoms with Crippen LogP contribution in [0.1, 0.15) is 17.4 Å². The standard InChI is InChI=1S/C18H23N5O5.BrH/c1-10-3-2-4-11(5-10)7-27-23-9-21-17-13(16(23)19)20-8-22(17)18-15(26)14(25)12(6-24)28-18;/h2-5,8,12,14-15,18,24-26H,6-7,9,19H2,1H3;1H/t12-,14-,15-,18-;/m1./s1. The summed E-state index contributed by atoms with van der Waals surface area (Å²) >= 11 is 0. The van der Waals surface area contributed by atoms with E-state index in [-0.39, 0.29) is 23.7 Å². The molecule has 1 aromatic carbocycles. The van der Waals surface area contributed by atoms with Gasteiger partial charge in [-0.1, -0.05) is 29.8 Å². The summed E-state index contributed by atoms with van der Waals surface area (Å²) in [5.74, 6) is 0.295. The molecule has 10 nitrogen and oxygen atoms in total. The number of nitrogens with zero attached hydrogens (tertiary/aromatic N) is 4. The van der Waals surface area contributed by atoms with Crippen molar-refractivity contribution in [2.45, 2.75) is 38.1 Å². The topological polar surface area (TPSA) is 139 Å². The molecule has 1 saturated heterocycles. The zero-order valence-corrected chi connectivity index (χ0v) is 17.5. The van der Waals surface area contributed by atoms with Crippen LogP contribution >= 0.6 is 17.0 Å². The lowest BCUT2D eigenvalue weighted by atomic mass is 10.1. The highest BCUT2D eigenvalue weighted by molar-refractivity contribution is 8.93. The first kappa shape index (κ1) is 21.7. The number of rotatable bonds is 5. The van der Waals surface area contributed by atoms with Crippen LogP contribution in [0.5, 0.6) is 0 Å². The average Bonchev–Trinajstić information content (AvgIpc) is 3.23. The lowest BCUT2D eigenvalue weighted by Crippen LogP contribution is -2.47. The number of benzene rings is 1. The molecule has 1 aromatic heterocycles. The highest BCUT2D eigenvalue weighted by Gasteiger charge is 2.43. The summed E-state index contributed by atoms with van der Waals surface area (Å²) in [6.45, 7) is 2.09. The van der Waals surface area contributed by atoms with Gasteiger partial charge in [-0.15, -0.1) is 17.0 Å². The minimum absolute atomic E-state index is 0. The predicted molar refractivity (Wildman–Crippen MR) is 107 cm³/mol. The van der Waals surface area contributed by atoms with Crippen LogP contribution in [0.25, 0.3) is 5.82 Å². The van der Waals surface area contributed by atoms with E-state index >= 15 is 0 Å². The van der Waals surface area contributed by atoms with Gasteiger partial charge in [0.25, 0.3) is 0 Å². The number of aryl methyl sites for hydroxylation is 1. The number of fused-ring (bicyclic) bond motifs is 1. The summed E-state index contributed by atoms with van der Waals surface area (Å²) < 4.78 is 7.05. The van der Waals surface area contributed by atoms with Crippen molar-refractivity contribution in [1.82, 2.24) is 14.6 Å². The summed E-state index contributed by atoms with van der Waals surface area (Å²) in [5, 5.41) is 31.3. The number of aliphatic hydroxyl groups is 3. The SMILES string of the molecule is Br.Cc1cccc(CON2CN=c3c(ncn3[C@@H]3O[C@H](CO)[C@@H](O)[C@H]3O)=C2N)c1. The van der Waals surface area contributed by atoms with E-state index in [0.29, 0.717) is 23.3 Å². The Morgan fingerprint density at radius 2 is 2.10 bits per heavy atom. The van der Waals surface area contributed by atoms with Gasteiger partial charge in [-0.3, -0.25) is 9.40 Å². The van der Waals surface area contributed by atoms with Gasteiger partial charge in [0.2, 0.25) is 0 Å². The Hall–Kier alpha value is -2.02. The fourth-order valence-electron chi connectivity index (χ4n) is 3.38. The molecule has 5 N–H and O–H groups in total. The molecular formula is C18H24BrN5O5. The number of halogens is 1. The van der Waals surface area contributed by atoms with Crippen LogP contribution in [0.3, 0.4) is 0 Å². The second-order valence-corrected chi connectivity index (χ2v) is 6.88. The maximum absolute atomic E-state index is 10.2. The second kappa shape index (κ2) is 8.78. The van der Waals surface area contributed by atoms with E-state index in [2.05, 4.69) is 9.98 Å². The van der Waals surface area contributed by atoms with Gasteiger partial charge >= 0.3 is 0 Å². The van der Waals surface area contributed by atoms with Gasteiger partial charge in [-0.2, -0.15) is 0 Å². The number of hydrogen-bond donors (Lipinski definition) is 4. The highest BCUT2D eigenvalue weighted by atomic mass is 79.9. The largest absolute Gasteiger partial charge is 0.394 e. The van der Waals surface area contributed by atoms with E-state index in [4.69, 9.17) is 15.3 Å². The normalized spacial score (nSPS) is 26.1. The van der Waals surface area contributed by atoms with E-state index in [1.807, 2.05) is 31.2 Å². The average molecular weight is 470 g/mol. The Labute approximate surface area is 177 Å². The summed E-state index contributed by atoms with van der Waals surface area (Å²) in [4.78, 5) is 14.5. The van der Waals surface area contributed by atoms with Gasteiger partial charge in [-0.05, 0) is 12.5 Å². The van der Waals surface area contributed by atoms with Crippen LogP contribution in [0.4, 0.5) is 0 Å². The molecule has 0 bridgehead atoms. The molecule has 0 radical (unpaired) electrons. The van der Waals surface area contributed by atoms with Gasteiger partial charge < -0.3 is 25.8 Å². The molecule has 3 heterocycles. The molecule has 1 fully saturated rings. The Morgan fingerprint density at radius 1 is 1.31 bits per heavy atom. The zero-order chi connectivity index (χ0) is 19.8. The maximum Gasteiger partial charge on any atom is 0.165 e. The summed E-state index contributed by atoms with van der Waals surface area (Å²) in [6, 6.07) is 7.96. The molecule has 2 aliphatic heterocycles. The lowest BCUT2D eigenvalue weighted by molar-refractivity contribution is -0.124. The van der Waals surface area contributed by atoms with Crippen molar-refractivity contribution in [3.05, 3.63) is 52.6 Å². The number of hydrogen-bond acceptors (Lipinski definition) is 9. The van der Waals surface area contributed by atoms with Crippen molar-refractivity contribution in [1.29, 1.82) is 0 Å². The number of nitrogens with two attached hydrogens (primary N) is 1. The van der Waals surface area contributed by atoms with Crippen molar-refractivity contribution < 1.29 is 24.9 Å². The third kappa shape index (κ3) is 4.02. The van der Waals surface area contributed by atoms with Crippen LogP contribution in [-0.4, -0.2) is 61.5 Å². The smallest absolute Gasteiger partial charge is 0.165 e. The Kier molecular flexibility index (Phi) is 6.56. The Morgan fingerprint density at radius 3 is 2.79 bits per heavy atom. The van der Waals surface area contributed by atoms with E-state index in [0.717, 1.165) is 11.1 Å².